The fourth-order valence-corrected chi connectivity index (χ4v) is 2.47. The second-order valence-corrected chi connectivity index (χ2v) is 5.11. The number of nitrogens with one attached hydrogen (secondary N) is 1. The highest BCUT2D eigenvalue weighted by Gasteiger charge is 2.14. The molecule has 0 aliphatic rings. The standard InChI is InChI=1S/C18H14F2N2O3/c1-24-22-17(23)14-10-16(21-15-5-3-2-4-13(14)15)11-6-8-12(9-7-11)25-18(19)20/h2-10,18H,1H3,(H,22,23). The summed E-state index contributed by atoms with van der Waals surface area (Å²) in [7, 11) is 1.35. The number of hydroxylamine groups is 1. The molecule has 1 amide bonds. The molecule has 3 rings (SSSR count). The van der Waals surface area contributed by atoms with Crippen molar-refractivity contribution in [2.45, 2.75) is 6.61 Å². The monoisotopic (exact) mass is 344 g/mol. The second kappa shape index (κ2) is 7.23. The number of fused-ring (bicyclic) bond motifs is 1. The van der Waals surface area contributed by atoms with E-state index in [1.807, 2.05) is 12.1 Å². The summed E-state index contributed by atoms with van der Waals surface area (Å²) in [6.07, 6.45) is 0. The third-order valence-electron chi connectivity index (χ3n) is 3.53. The number of hydrogen-bond acceptors (Lipinski definition) is 4. The first-order valence-electron chi connectivity index (χ1n) is 7.37. The summed E-state index contributed by atoms with van der Waals surface area (Å²) in [5.41, 5.74) is 4.52. The molecule has 25 heavy (non-hydrogen) atoms. The Labute approximate surface area is 142 Å². The molecule has 1 N–H and O–H groups in total. The smallest absolute Gasteiger partial charge is 0.387 e. The molecule has 128 valence electrons. The summed E-state index contributed by atoms with van der Waals surface area (Å²) in [6, 6.07) is 14.9. The molecule has 0 saturated heterocycles. The number of pyridine rings is 1. The van der Waals surface area contributed by atoms with Gasteiger partial charge in [-0.3, -0.25) is 9.63 Å². The highest BCUT2D eigenvalue weighted by molar-refractivity contribution is 6.06. The molecule has 1 aromatic heterocycles. The molecule has 0 aliphatic carbocycles. The van der Waals surface area contributed by atoms with Crippen LogP contribution >= 0.6 is 0 Å². The van der Waals surface area contributed by atoms with E-state index >= 15 is 0 Å². The van der Waals surface area contributed by atoms with E-state index < -0.39 is 12.5 Å². The van der Waals surface area contributed by atoms with Crippen molar-refractivity contribution in [3.63, 3.8) is 0 Å². The van der Waals surface area contributed by atoms with Crippen molar-refractivity contribution in [2.24, 2.45) is 0 Å². The lowest BCUT2D eigenvalue weighted by Crippen LogP contribution is -2.22. The first-order valence-corrected chi connectivity index (χ1v) is 7.37. The first-order chi connectivity index (χ1) is 12.1. The zero-order chi connectivity index (χ0) is 17.8. The predicted octanol–water partition coefficient (Wildman–Crippen LogP) is 3.79. The van der Waals surface area contributed by atoms with Crippen molar-refractivity contribution in [2.75, 3.05) is 7.11 Å². The number of carbonyl (C=O) groups is 1. The fraction of sp³-hybridized carbons (Fsp3) is 0.111. The van der Waals surface area contributed by atoms with E-state index in [0.717, 1.165) is 0 Å². The molecule has 1 heterocycles. The van der Waals surface area contributed by atoms with Crippen LogP contribution in [0.1, 0.15) is 10.4 Å². The summed E-state index contributed by atoms with van der Waals surface area (Å²) in [5.74, 6) is -0.350. The van der Waals surface area contributed by atoms with Crippen LogP contribution in [0.4, 0.5) is 8.78 Å². The van der Waals surface area contributed by atoms with E-state index in [1.165, 1.54) is 19.2 Å². The number of hydrogen-bond donors (Lipinski definition) is 1. The van der Waals surface area contributed by atoms with Crippen LogP contribution < -0.4 is 10.2 Å². The van der Waals surface area contributed by atoms with Gasteiger partial charge in [0.15, 0.2) is 0 Å². The second-order valence-electron chi connectivity index (χ2n) is 5.11. The summed E-state index contributed by atoms with van der Waals surface area (Å²) in [4.78, 5) is 21.5. The molecular formula is C18H14F2N2O3. The molecule has 0 atom stereocenters. The van der Waals surface area contributed by atoms with Gasteiger partial charge in [0.05, 0.1) is 23.9 Å². The van der Waals surface area contributed by atoms with E-state index in [9.17, 15) is 13.6 Å². The van der Waals surface area contributed by atoms with Gasteiger partial charge in [-0.15, -0.1) is 0 Å². The number of nitrogens with zero attached hydrogens (tertiary/aromatic N) is 1. The van der Waals surface area contributed by atoms with Crippen LogP contribution in [0.15, 0.2) is 54.6 Å². The molecule has 0 radical (unpaired) electrons. The Bertz CT molecular complexity index is 898. The maximum absolute atomic E-state index is 12.3. The predicted molar refractivity (Wildman–Crippen MR) is 88.3 cm³/mol. The van der Waals surface area contributed by atoms with Gasteiger partial charge >= 0.3 is 6.61 Å². The lowest BCUT2D eigenvalue weighted by Gasteiger charge is -2.10. The molecule has 0 saturated carbocycles. The number of ether oxygens (including phenoxy) is 1. The van der Waals surface area contributed by atoms with Crippen LogP contribution in [0.3, 0.4) is 0 Å². The molecule has 0 unspecified atom stereocenters. The van der Waals surface area contributed by atoms with Gasteiger partial charge in [0.1, 0.15) is 5.75 Å². The summed E-state index contributed by atoms with van der Waals surface area (Å²) in [6.45, 7) is -2.88. The molecule has 0 bridgehead atoms. The van der Waals surface area contributed by atoms with Crippen molar-refractivity contribution in [3.8, 4) is 17.0 Å². The largest absolute Gasteiger partial charge is 0.435 e. The Hall–Kier alpha value is -3.06. The summed E-state index contributed by atoms with van der Waals surface area (Å²) < 4.78 is 28.8. The number of aromatic nitrogens is 1. The average Bonchev–Trinajstić information content (AvgIpc) is 2.61. The van der Waals surface area contributed by atoms with E-state index in [4.69, 9.17) is 4.84 Å². The van der Waals surface area contributed by atoms with Crippen LogP contribution in [0.2, 0.25) is 0 Å². The number of halogens is 2. The molecular weight excluding hydrogens is 330 g/mol. The minimum atomic E-state index is -2.88. The normalized spacial score (nSPS) is 10.9. The zero-order valence-electron chi connectivity index (χ0n) is 13.2. The third-order valence-corrected chi connectivity index (χ3v) is 3.53. The SMILES string of the molecule is CONC(=O)c1cc(-c2ccc(OC(F)F)cc2)nc2ccccc12. The van der Waals surface area contributed by atoms with Crippen LogP contribution in [0.5, 0.6) is 5.75 Å². The molecule has 7 heteroatoms. The van der Waals surface area contributed by atoms with E-state index in [0.29, 0.717) is 27.7 Å². The summed E-state index contributed by atoms with van der Waals surface area (Å²) >= 11 is 0. The molecule has 0 fully saturated rings. The lowest BCUT2D eigenvalue weighted by atomic mass is 10.0. The Morgan fingerprint density at radius 3 is 2.52 bits per heavy atom. The highest BCUT2D eigenvalue weighted by Crippen LogP contribution is 2.26. The van der Waals surface area contributed by atoms with Gasteiger partial charge in [-0.1, -0.05) is 18.2 Å². The first kappa shape index (κ1) is 16.8. The Morgan fingerprint density at radius 1 is 1.12 bits per heavy atom. The number of rotatable bonds is 5. The molecule has 5 nitrogen and oxygen atoms in total. The number of alkyl halides is 2. The molecule has 0 aliphatic heterocycles. The van der Waals surface area contributed by atoms with Crippen LogP contribution in [0, 0.1) is 0 Å². The Morgan fingerprint density at radius 2 is 1.84 bits per heavy atom. The van der Waals surface area contributed by atoms with Crippen LogP contribution in [-0.4, -0.2) is 24.6 Å². The molecule has 0 spiro atoms. The van der Waals surface area contributed by atoms with Crippen molar-refractivity contribution in [1.82, 2.24) is 10.5 Å². The van der Waals surface area contributed by atoms with Crippen molar-refractivity contribution in [1.29, 1.82) is 0 Å². The van der Waals surface area contributed by atoms with Crippen LogP contribution in [0.25, 0.3) is 22.2 Å². The minimum absolute atomic E-state index is 0.0527. The number of benzene rings is 2. The molecule has 3 aromatic rings. The number of carbonyl (C=O) groups excluding carboxylic acids is 1. The fourth-order valence-electron chi connectivity index (χ4n) is 2.47. The Balaban J connectivity index is 2.05. The van der Waals surface area contributed by atoms with Gasteiger partial charge in [-0.2, -0.15) is 8.78 Å². The van der Waals surface area contributed by atoms with Gasteiger partial charge in [0.2, 0.25) is 0 Å². The average molecular weight is 344 g/mol. The zero-order valence-corrected chi connectivity index (χ0v) is 13.2. The Kier molecular flexibility index (Phi) is 4.85. The van der Waals surface area contributed by atoms with Gasteiger partial charge in [-0.05, 0) is 36.4 Å². The third kappa shape index (κ3) is 3.72. The van der Waals surface area contributed by atoms with E-state index in [-0.39, 0.29) is 5.75 Å². The minimum Gasteiger partial charge on any atom is -0.435 e. The molecule has 2 aromatic carbocycles. The van der Waals surface area contributed by atoms with E-state index in [2.05, 4.69) is 15.2 Å². The maximum Gasteiger partial charge on any atom is 0.387 e. The van der Waals surface area contributed by atoms with Gasteiger partial charge in [-0.25, -0.2) is 10.5 Å². The van der Waals surface area contributed by atoms with Crippen molar-refractivity contribution in [3.05, 3.63) is 60.2 Å². The van der Waals surface area contributed by atoms with Crippen LogP contribution in [-0.2, 0) is 4.84 Å². The quantitative estimate of drug-likeness (QED) is 0.715. The van der Waals surface area contributed by atoms with E-state index in [1.54, 1.807) is 30.3 Å². The highest BCUT2D eigenvalue weighted by atomic mass is 19.3. The number of amides is 1. The summed E-state index contributed by atoms with van der Waals surface area (Å²) in [5, 5.41) is 0.679. The van der Waals surface area contributed by atoms with Gasteiger partial charge in [0, 0.05) is 10.9 Å². The van der Waals surface area contributed by atoms with Gasteiger partial charge < -0.3 is 4.74 Å². The van der Waals surface area contributed by atoms with Crippen molar-refractivity contribution < 1.29 is 23.1 Å². The maximum atomic E-state index is 12.3. The topological polar surface area (TPSA) is 60.5 Å². The number of para-hydroxylation sites is 1. The van der Waals surface area contributed by atoms with Gasteiger partial charge in [0.25, 0.3) is 5.91 Å². The lowest BCUT2D eigenvalue weighted by molar-refractivity contribution is -0.0498. The van der Waals surface area contributed by atoms with Crippen molar-refractivity contribution >= 4 is 16.8 Å².